The van der Waals surface area contributed by atoms with Crippen LogP contribution in [0.3, 0.4) is 0 Å². The number of rotatable bonds is 1. The zero-order valence-corrected chi connectivity index (χ0v) is 17.8. The normalized spacial score (nSPS) is 18.8. The van der Waals surface area contributed by atoms with Gasteiger partial charge in [0.05, 0.1) is 18.4 Å². The van der Waals surface area contributed by atoms with E-state index in [1.165, 1.54) is 0 Å². The van der Waals surface area contributed by atoms with Crippen molar-refractivity contribution in [2.75, 3.05) is 11.5 Å². The van der Waals surface area contributed by atoms with E-state index in [0.29, 0.717) is 12.6 Å². The Kier molecular flexibility index (Phi) is 4.28. The second-order valence-electron chi connectivity index (χ2n) is 10.8. The van der Waals surface area contributed by atoms with E-state index < -0.39 is 0 Å². The first-order valence-electron chi connectivity index (χ1n) is 9.58. The van der Waals surface area contributed by atoms with Crippen LogP contribution in [0.1, 0.15) is 74.3 Å². The molecular formula is C21H34N4O. The molecule has 0 aromatic carbocycles. The maximum atomic E-state index is 6.15. The van der Waals surface area contributed by atoms with Crippen LogP contribution < -0.4 is 9.64 Å². The molecule has 1 aliphatic heterocycles. The van der Waals surface area contributed by atoms with E-state index in [1.807, 2.05) is 16.9 Å². The minimum Gasteiger partial charge on any atom is -0.486 e. The summed E-state index contributed by atoms with van der Waals surface area (Å²) in [5.74, 6) is 1.76. The maximum absolute atomic E-state index is 6.15. The van der Waals surface area contributed by atoms with Crippen molar-refractivity contribution in [1.29, 1.82) is 0 Å². The highest BCUT2D eigenvalue weighted by Crippen LogP contribution is 2.41. The van der Waals surface area contributed by atoms with Gasteiger partial charge in [0.15, 0.2) is 17.2 Å². The number of anilines is 1. The number of ether oxygens (including phenoxy) is 1. The average Bonchev–Trinajstić information content (AvgIpc) is 2.84. The molecule has 1 atom stereocenters. The van der Waals surface area contributed by atoms with Crippen LogP contribution in [0.4, 0.5) is 5.82 Å². The van der Waals surface area contributed by atoms with Crippen molar-refractivity contribution in [2.45, 2.75) is 85.7 Å². The molecule has 144 valence electrons. The summed E-state index contributed by atoms with van der Waals surface area (Å²) >= 11 is 0. The first-order chi connectivity index (χ1) is 11.8. The Bertz CT molecular complexity index is 802. The minimum absolute atomic E-state index is 0.00408. The molecule has 0 fully saturated rings. The van der Waals surface area contributed by atoms with Crippen LogP contribution in [0, 0.1) is 5.41 Å². The summed E-state index contributed by atoms with van der Waals surface area (Å²) in [6, 6.07) is 0.304. The van der Waals surface area contributed by atoms with Gasteiger partial charge in [0.1, 0.15) is 6.61 Å². The van der Waals surface area contributed by atoms with Gasteiger partial charge in [-0.3, -0.25) is 0 Å². The van der Waals surface area contributed by atoms with Crippen LogP contribution in [0.15, 0.2) is 12.4 Å². The molecule has 1 aliphatic rings. The molecule has 3 heterocycles. The number of hydrogen-bond acceptors (Lipinski definition) is 4. The van der Waals surface area contributed by atoms with Gasteiger partial charge in [-0.2, -0.15) is 5.10 Å². The van der Waals surface area contributed by atoms with Gasteiger partial charge in [-0.1, -0.05) is 41.5 Å². The molecule has 0 aliphatic carbocycles. The first kappa shape index (κ1) is 19.0. The smallest absolute Gasteiger partial charge is 0.180 e. The minimum atomic E-state index is -0.0400. The number of aromatic nitrogens is 3. The highest BCUT2D eigenvalue weighted by atomic mass is 16.5. The molecule has 0 spiro atoms. The van der Waals surface area contributed by atoms with Crippen LogP contribution in [0.5, 0.6) is 5.75 Å². The van der Waals surface area contributed by atoms with Crippen molar-refractivity contribution in [3.63, 3.8) is 0 Å². The Morgan fingerprint density at radius 1 is 1.08 bits per heavy atom. The Morgan fingerprint density at radius 3 is 2.27 bits per heavy atom. The van der Waals surface area contributed by atoms with Crippen LogP contribution in [0.25, 0.3) is 5.65 Å². The van der Waals surface area contributed by atoms with Crippen LogP contribution in [0.2, 0.25) is 0 Å². The van der Waals surface area contributed by atoms with Gasteiger partial charge >= 0.3 is 0 Å². The topological polar surface area (TPSA) is 42.7 Å². The van der Waals surface area contributed by atoms with Crippen LogP contribution >= 0.6 is 0 Å². The summed E-state index contributed by atoms with van der Waals surface area (Å²) in [5.41, 5.74) is 2.27. The summed E-state index contributed by atoms with van der Waals surface area (Å²) in [6.45, 7) is 20.9. The second kappa shape index (κ2) is 5.86. The summed E-state index contributed by atoms with van der Waals surface area (Å²) in [7, 11) is 0. The Morgan fingerprint density at radius 2 is 1.73 bits per heavy atom. The average molecular weight is 359 g/mol. The zero-order chi connectivity index (χ0) is 19.5. The molecule has 0 saturated heterocycles. The molecule has 0 unspecified atom stereocenters. The Hall–Kier alpha value is -1.78. The van der Waals surface area contributed by atoms with Crippen molar-refractivity contribution in [3.05, 3.63) is 18.0 Å². The Labute approximate surface area is 157 Å². The molecule has 3 rings (SSSR count). The molecule has 0 saturated carbocycles. The van der Waals surface area contributed by atoms with Crippen LogP contribution in [-0.4, -0.2) is 32.8 Å². The number of fused-ring (bicyclic) bond motifs is 2. The third-order valence-corrected chi connectivity index (χ3v) is 4.84. The largest absolute Gasteiger partial charge is 0.486 e. The highest BCUT2D eigenvalue weighted by molar-refractivity contribution is 5.63. The molecule has 5 heteroatoms. The van der Waals surface area contributed by atoms with Crippen molar-refractivity contribution in [2.24, 2.45) is 5.41 Å². The zero-order valence-electron chi connectivity index (χ0n) is 17.8. The summed E-state index contributed by atoms with van der Waals surface area (Å²) in [6.07, 6.45) is 4.97. The fourth-order valence-corrected chi connectivity index (χ4v) is 3.85. The van der Waals surface area contributed by atoms with E-state index >= 15 is 0 Å². The Balaban J connectivity index is 2.16. The maximum Gasteiger partial charge on any atom is 0.180 e. The third kappa shape index (κ3) is 3.53. The fraction of sp³-hybridized carbons (Fsp3) is 0.714. The van der Waals surface area contributed by atoms with Crippen molar-refractivity contribution in [1.82, 2.24) is 14.6 Å². The van der Waals surface area contributed by atoms with E-state index in [1.54, 1.807) is 0 Å². The number of nitrogens with zero attached hydrogens (tertiary/aromatic N) is 4. The monoisotopic (exact) mass is 358 g/mol. The molecule has 5 nitrogen and oxygen atoms in total. The lowest BCUT2D eigenvalue weighted by atomic mass is 9.86. The lowest BCUT2D eigenvalue weighted by Crippen LogP contribution is -2.54. The summed E-state index contributed by atoms with van der Waals surface area (Å²) in [5, 5.41) is 4.51. The van der Waals surface area contributed by atoms with Gasteiger partial charge in [-0.15, -0.1) is 0 Å². The summed E-state index contributed by atoms with van der Waals surface area (Å²) < 4.78 is 8.00. The van der Waals surface area contributed by atoms with Gasteiger partial charge in [0.25, 0.3) is 0 Å². The molecule has 26 heavy (non-hydrogen) atoms. The fourth-order valence-electron chi connectivity index (χ4n) is 3.85. The molecule has 0 radical (unpaired) electrons. The highest BCUT2D eigenvalue weighted by Gasteiger charge is 2.38. The van der Waals surface area contributed by atoms with E-state index in [0.717, 1.165) is 29.2 Å². The summed E-state index contributed by atoms with van der Waals surface area (Å²) in [4.78, 5) is 7.53. The second-order valence-corrected chi connectivity index (χ2v) is 10.8. The molecule has 0 N–H and O–H groups in total. The van der Waals surface area contributed by atoms with E-state index in [4.69, 9.17) is 9.72 Å². The number of hydrogen-bond donors (Lipinski definition) is 0. The molecular weight excluding hydrogens is 324 g/mol. The van der Waals surface area contributed by atoms with Crippen molar-refractivity contribution >= 4 is 11.5 Å². The van der Waals surface area contributed by atoms with Gasteiger partial charge in [-0.05, 0) is 38.0 Å². The van der Waals surface area contributed by atoms with Gasteiger partial charge < -0.3 is 9.64 Å². The first-order valence-corrected chi connectivity index (χ1v) is 9.58. The van der Waals surface area contributed by atoms with E-state index in [-0.39, 0.29) is 16.4 Å². The predicted octanol–water partition coefficient (Wildman–Crippen LogP) is 4.83. The molecule has 0 bridgehead atoms. The third-order valence-electron chi connectivity index (χ3n) is 4.84. The molecule has 2 aromatic heterocycles. The predicted molar refractivity (Wildman–Crippen MR) is 107 cm³/mol. The lowest BCUT2D eigenvalue weighted by molar-refractivity contribution is 0.195. The van der Waals surface area contributed by atoms with Crippen LogP contribution in [-0.2, 0) is 5.41 Å². The SMILES string of the molecule is CC(C)(C)C[C@H]1COc2cn3ncc(C(C)(C)C)c3nc2N1C(C)(C)C. The van der Waals surface area contributed by atoms with Gasteiger partial charge in [-0.25, -0.2) is 9.50 Å². The van der Waals surface area contributed by atoms with Crippen molar-refractivity contribution in [3.8, 4) is 5.75 Å². The molecule has 0 amide bonds. The van der Waals surface area contributed by atoms with Gasteiger partial charge in [0.2, 0.25) is 0 Å². The van der Waals surface area contributed by atoms with E-state index in [9.17, 15) is 0 Å². The lowest BCUT2D eigenvalue weighted by Gasteiger charge is -2.47. The standard InChI is InChI=1S/C21H34N4O/c1-19(2,3)10-14-13-26-16-12-24-17(15(11-22-24)20(4,5)6)23-18(16)25(14)21(7,8)9/h11-12,14H,10,13H2,1-9H3/t14-/m0/s1. The van der Waals surface area contributed by atoms with Crippen molar-refractivity contribution < 1.29 is 4.74 Å². The quantitative estimate of drug-likeness (QED) is 0.732. The molecule has 2 aromatic rings. The van der Waals surface area contributed by atoms with Gasteiger partial charge in [0, 0.05) is 11.1 Å². The van der Waals surface area contributed by atoms with E-state index in [2.05, 4.69) is 72.3 Å².